The van der Waals surface area contributed by atoms with Crippen molar-refractivity contribution in [1.82, 2.24) is 0 Å². The average molecular weight is 290 g/mol. The van der Waals surface area contributed by atoms with E-state index in [1.165, 1.54) is 18.2 Å². The summed E-state index contributed by atoms with van der Waals surface area (Å²) in [5, 5.41) is 11.8. The lowest BCUT2D eigenvalue weighted by Gasteiger charge is -2.08. The van der Waals surface area contributed by atoms with Crippen molar-refractivity contribution in [2.24, 2.45) is 0 Å². The number of nitrogens with one attached hydrogen (secondary N) is 1. The number of aryl methyl sites for hydroxylation is 1. The Hall–Kier alpha value is -2.33. The Balaban J connectivity index is 2.27. The van der Waals surface area contributed by atoms with Crippen LogP contribution in [0, 0.1) is 6.92 Å². The Morgan fingerprint density at radius 1 is 1.10 bits per heavy atom. The van der Waals surface area contributed by atoms with Crippen LogP contribution in [0.4, 0.5) is 5.69 Å². The fourth-order valence-electron chi connectivity index (χ4n) is 1.73. The zero-order chi connectivity index (χ0) is 14.7. The van der Waals surface area contributed by atoms with Crippen molar-refractivity contribution in [3.63, 3.8) is 0 Å². The van der Waals surface area contributed by atoms with Crippen molar-refractivity contribution < 1.29 is 14.7 Å². The summed E-state index contributed by atoms with van der Waals surface area (Å²) in [7, 11) is 0. The number of rotatable bonds is 3. The molecule has 20 heavy (non-hydrogen) atoms. The fraction of sp³-hybridized carbons (Fsp3) is 0.0667. The molecule has 0 unspecified atom stereocenters. The maximum Gasteiger partial charge on any atom is 0.335 e. The van der Waals surface area contributed by atoms with Gasteiger partial charge in [0.05, 0.1) is 16.3 Å². The van der Waals surface area contributed by atoms with Gasteiger partial charge in [-0.15, -0.1) is 0 Å². The zero-order valence-corrected chi connectivity index (χ0v) is 11.4. The second-order valence-electron chi connectivity index (χ2n) is 4.32. The molecule has 0 fully saturated rings. The third-order valence-electron chi connectivity index (χ3n) is 2.74. The molecule has 5 heteroatoms. The van der Waals surface area contributed by atoms with E-state index in [1.54, 1.807) is 18.2 Å². The van der Waals surface area contributed by atoms with E-state index < -0.39 is 5.97 Å². The molecule has 0 saturated heterocycles. The van der Waals surface area contributed by atoms with Crippen LogP contribution >= 0.6 is 11.6 Å². The van der Waals surface area contributed by atoms with Gasteiger partial charge in [-0.25, -0.2) is 4.79 Å². The van der Waals surface area contributed by atoms with Gasteiger partial charge in [-0.05, 0) is 37.3 Å². The van der Waals surface area contributed by atoms with Crippen molar-refractivity contribution in [2.45, 2.75) is 6.92 Å². The molecule has 0 saturated carbocycles. The highest BCUT2D eigenvalue weighted by Gasteiger charge is 2.11. The number of hydrogen-bond donors (Lipinski definition) is 2. The molecule has 1 amide bonds. The van der Waals surface area contributed by atoms with E-state index in [-0.39, 0.29) is 22.2 Å². The van der Waals surface area contributed by atoms with Crippen LogP contribution in [-0.2, 0) is 0 Å². The van der Waals surface area contributed by atoms with Gasteiger partial charge in [0.15, 0.2) is 0 Å². The minimum atomic E-state index is -1.08. The van der Waals surface area contributed by atoms with Crippen molar-refractivity contribution in [1.29, 1.82) is 0 Å². The summed E-state index contributed by atoms with van der Waals surface area (Å²) in [6, 6.07) is 11.2. The first-order chi connectivity index (χ1) is 9.47. The Morgan fingerprint density at radius 2 is 1.85 bits per heavy atom. The van der Waals surface area contributed by atoms with Gasteiger partial charge in [0.25, 0.3) is 5.91 Å². The van der Waals surface area contributed by atoms with Gasteiger partial charge in [-0.1, -0.05) is 29.3 Å². The van der Waals surface area contributed by atoms with Crippen LogP contribution in [-0.4, -0.2) is 17.0 Å². The number of halogens is 1. The first-order valence-corrected chi connectivity index (χ1v) is 6.26. The van der Waals surface area contributed by atoms with Crippen molar-refractivity contribution in [3.8, 4) is 0 Å². The predicted molar refractivity (Wildman–Crippen MR) is 77.5 cm³/mol. The summed E-state index contributed by atoms with van der Waals surface area (Å²) in [6.45, 7) is 1.88. The minimum Gasteiger partial charge on any atom is -0.478 e. The van der Waals surface area contributed by atoms with Crippen LogP contribution in [0.25, 0.3) is 0 Å². The highest BCUT2D eigenvalue weighted by Crippen LogP contribution is 2.23. The lowest BCUT2D eigenvalue weighted by Crippen LogP contribution is -2.13. The molecule has 4 nitrogen and oxygen atoms in total. The number of carbonyl (C=O) groups is 2. The number of aromatic carboxylic acids is 1. The molecule has 0 spiro atoms. The van der Waals surface area contributed by atoms with Gasteiger partial charge in [-0.3, -0.25) is 4.79 Å². The maximum absolute atomic E-state index is 12.1. The molecule has 2 N–H and O–H groups in total. The van der Waals surface area contributed by atoms with E-state index in [4.69, 9.17) is 16.7 Å². The van der Waals surface area contributed by atoms with E-state index in [1.807, 2.05) is 13.0 Å². The summed E-state index contributed by atoms with van der Waals surface area (Å²) in [5.41, 5.74) is 1.79. The van der Waals surface area contributed by atoms with Gasteiger partial charge < -0.3 is 10.4 Å². The van der Waals surface area contributed by atoms with Crippen LogP contribution in [0.1, 0.15) is 26.3 Å². The van der Waals surface area contributed by atoms with Crippen molar-refractivity contribution in [2.75, 3.05) is 5.32 Å². The Labute approximate surface area is 121 Å². The minimum absolute atomic E-state index is 0.0638. The average Bonchev–Trinajstić information content (AvgIpc) is 2.41. The summed E-state index contributed by atoms with van der Waals surface area (Å²) >= 11 is 5.96. The van der Waals surface area contributed by atoms with Gasteiger partial charge in [-0.2, -0.15) is 0 Å². The second kappa shape index (κ2) is 5.75. The molecule has 0 aliphatic heterocycles. The highest BCUT2D eigenvalue weighted by atomic mass is 35.5. The summed E-state index contributed by atoms with van der Waals surface area (Å²) in [6.07, 6.45) is 0. The Kier molecular flexibility index (Phi) is 4.05. The standard InChI is InChI=1S/C15H12ClNO3/c1-9-3-2-4-10(7-9)14(18)17-13-8-11(15(19)20)5-6-12(13)16/h2-8H,1H3,(H,17,18)(H,19,20). The third-order valence-corrected chi connectivity index (χ3v) is 3.07. The monoisotopic (exact) mass is 289 g/mol. The first-order valence-electron chi connectivity index (χ1n) is 5.88. The van der Waals surface area contributed by atoms with Gasteiger partial charge >= 0.3 is 5.97 Å². The molecular weight excluding hydrogens is 278 g/mol. The smallest absolute Gasteiger partial charge is 0.335 e. The molecule has 0 heterocycles. The number of carboxylic acids is 1. The second-order valence-corrected chi connectivity index (χ2v) is 4.73. The number of carbonyl (C=O) groups excluding carboxylic acids is 1. The van der Waals surface area contributed by atoms with Crippen molar-refractivity contribution in [3.05, 3.63) is 64.2 Å². The molecule has 102 valence electrons. The third kappa shape index (κ3) is 3.16. The van der Waals surface area contributed by atoms with E-state index in [0.29, 0.717) is 5.56 Å². The number of anilines is 1. The molecule has 2 aromatic rings. The number of amides is 1. The molecule has 0 aliphatic rings. The zero-order valence-electron chi connectivity index (χ0n) is 10.7. The van der Waals surface area contributed by atoms with Crippen LogP contribution < -0.4 is 5.32 Å². The number of carboxylic acid groups (broad SMARTS) is 1. The van der Waals surface area contributed by atoms with Crippen LogP contribution in [0.15, 0.2) is 42.5 Å². The van der Waals surface area contributed by atoms with Crippen molar-refractivity contribution >= 4 is 29.2 Å². The van der Waals surface area contributed by atoms with Gasteiger partial charge in [0, 0.05) is 5.56 Å². The van der Waals surface area contributed by atoms with Gasteiger partial charge in [0.2, 0.25) is 0 Å². The molecule has 0 atom stereocenters. The molecule has 0 aliphatic carbocycles. The predicted octanol–water partition coefficient (Wildman–Crippen LogP) is 3.60. The summed E-state index contributed by atoms with van der Waals surface area (Å²) < 4.78 is 0. The van der Waals surface area contributed by atoms with Crippen LogP contribution in [0.5, 0.6) is 0 Å². The van der Waals surface area contributed by atoms with E-state index >= 15 is 0 Å². The summed E-state index contributed by atoms with van der Waals surface area (Å²) in [4.78, 5) is 23.0. The highest BCUT2D eigenvalue weighted by molar-refractivity contribution is 6.34. The maximum atomic E-state index is 12.1. The van der Waals surface area contributed by atoms with Gasteiger partial charge in [0.1, 0.15) is 0 Å². The first kappa shape index (κ1) is 14.1. The SMILES string of the molecule is Cc1cccc(C(=O)Nc2cc(C(=O)O)ccc2Cl)c1. The fourth-order valence-corrected chi connectivity index (χ4v) is 1.90. The number of hydrogen-bond acceptors (Lipinski definition) is 2. The summed E-state index contributed by atoms with van der Waals surface area (Å²) in [5.74, 6) is -1.41. The normalized spacial score (nSPS) is 10.1. The molecule has 0 aromatic heterocycles. The lowest BCUT2D eigenvalue weighted by molar-refractivity contribution is 0.0696. The largest absolute Gasteiger partial charge is 0.478 e. The molecule has 0 bridgehead atoms. The number of benzene rings is 2. The van der Waals surface area contributed by atoms with E-state index in [9.17, 15) is 9.59 Å². The van der Waals surface area contributed by atoms with Crippen LogP contribution in [0.3, 0.4) is 0 Å². The quantitative estimate of drug-likeness (QED) is 0.907. The topological polar surface area (TPSA) is 66.4 Å². The molecular formula is C15H12ClNO3. The lowest BCUT2D eigenvalue weighted by atomic mass is 10.1. The van der Waals surface area contributed by atoms with E-state index in [0.717, 1.165) is 5.56 Å². The Bertz CT molecular complexity index is 683. The molecule has 2 rings (SSSR count). The Morgan fingerprint density at radius 3 is 2.50 bits per heavy atom. The van der Waals surface area contributed by atoms with Crippen LogP contribution in [0.2, 0.25) is 5.02 Å². The molecule has 2 aromatic carbocycles. The van der Waals surface area contributed by atoms with E-state index in [2.05, 4.69) is 5.32 Å². The molecule has 0 radical (unpaired) electrons.